The molecule has 0 heteroatoms. The molecule has 0 aliphatic heterocycles. The Labute approximate surface area is 68.0 Å². The van der Waals surface area contributed by atoms with Gasteiger partial charge in [0.1, 0.15) is 0 Å². The van der Waals surface area contributed by atoms with Gasteiger partial charge in [-0.3, -0.25) is 0 Å². The zero-order chi connectivity index (χ0) is 8.36. The molecule has 0 amide bonds. The van der Waals surface area contributed by atoms with Crippen molar-refractivity contribution in [2.75, 3.05) is 0 Å². The average molecular weight is 140 g/mol. The van der Waals surface area contributed by atoms with Gasteiger partial charge in [0.25, 0.3) is 0 Å². The first-order valence-electron chi connectivity index (χ1n) is 3.11. The van der Waals surface area contributed by atoms with E-state index in [9.17, 15) is 0 Å². The van der Waals surface area contributed by atoms with Crippen LogP contribution in [-0.4, -0.2) is 0 Å². The fourth-order valence-corrected chi connectivity index (χ4v) is 0.319. The normalized spacial score (nSPS) is 6.27. The highest BCUT2D eigenvalue weighted by Gasteiger charge is 1.55. The lowest BCUT2D eigenvalue weighted by molar-refractivity contribution is 1.92. The van der Waals surface area contributed by atoms with E-state index in [2.05, 4.69) is 42.1 Å². The first-order chi connectivity index (χ1) is 5.41. The van der Waals surface area contributed by atoms with Gasteiger partial charge in [-0.05, 0) is 36.7 Å². The molecule has 0 aromatic heterocycles. The maximum absolute atomic E-state index is 3.49. The van der Waals surface area contributed by atoms with E-state index in [0.717, 1.165) is 0 Å². The molecule has 0 bridgehead atoms. The highest BCUT2D eigenvalue weighted by Crippen LogP contribution is 1.67. The molecule has 0 N–H and O–H groups in total. The molecule has 0 unspecified atom stereocenters. The van der Waals surface area contributed by atoms with Crippen LogP contribution in [0.2, 0.25) is 0 Å². The third kappa shape index (κ3) is 8.16. The largest absolute Gasteiger partial charge is 0.0990 e. The molecule has 0 aliphatic carbocycles. The summed E-state index contributed by atoms with van der Waals surface area (Å²) < 4.78 is 0. The summed E-state index contributed by atoms with van der Waals surface area (Å²) in [6, 6.07) is 0. The summed E-state index contributed by atoms with van der Waals surface area (Å²) in [6.07, 6.45) is 5.09. The second-order valence-corrected chi connectivity index (χ2v) is 1.49. The molecule has 0 aromatic carbocycles. The van der Waals surface area contributed by atoms with Gasteiger partial charge in [-0.1, -0.05) is 30.6 Å². The predicted octanol–water partition coefficient (Wildman–Crippen LogP) is 1.76. The third-order valence-corrected chi connectivity index (χ3v) is 0.700. The van der Waals surface area contributed by atoms with Crippen LogP contribution < -0.4 is 0 Å². The lowest BCUT2D eigenvalue weighted by Gasteiger charge is -1.61. The van der Waals surface area contributed by atoms with Crippen LogP contribution in [0.4, 0.5) is 0 Å². The Morgan fingerprint density at radius 3 is 2.45 bits per heavy atom. The molecule has 0 radical (unpaired) electrons. The smallest absolute Gasteiger partial charge is 0.000709 e. The minimum Gasteiger partial charge on any atom is -0.0990 e. The fraction of sp³-hybridized carbons (Fsp3) is 0.0909. The van der Waals surface area contributed by atoms with Gasteiger partial charge in [0, 0.05) is 0 Å². The van der Waals surface area contributed by atoms with Crippen molar-refractivity contribution < 1.29 is 0 Å². The van der Waals surface area contributed by atoms with Crippen LogP contribution in [0.25, 0.3) is 0 Å². The van der Waals surface area contributed by atoms with Crippen LogP contribution in [0.3, 0.4) is 0 Å². The minimum absolute atomic E-state index is 1.66. The van der Waals surface area contributed by atoms with E-state index in [0.29, 0.717) is 0 Å². The summed E-state index contributed by atoms with van der Waals surface area (Å²) in [6.45, 7) is 5.23. The Morgan fingerprint density at radius 2 is 1.82 bits per heavy atom. The first kappa shape index (κ1) is 9.16. The molecule has 0 saturated carbocycles. The lowest BCUT2D eigenvalue weighted by Crippen LogP contribution is -1.51. The summed E-state index contributed by atoms with van der Waals surface area (Å²) in [4.78, 5) is 0. The van der Waals surface area contributed by atoms with Crippen LogP contribution in [-0.2, 0) is 0 Å². The molecule has 0 saturated heterocycles. The van der Waals surface area contributed by atoms with Gasteiger partial charge >= 0.3 is 0 Å². The van der Waals surface area contributed by atoms with E-state index in [4.69, 9.17) is 0 Å². The first-order valence-corrected chi connectivity index (χ1v) is 3.11. The topological polar surface area (TPSA) is 0 Å². The summed E-state index contributed by atoms with van der Waals surface area (Å²) >= 11 is 0. The molecule has 0 nitrogen and oxygen atoms in total. The van der Waals surface area contributed by atoms with Gasteiger partial charge in [-0.2, -0.15) is 0 Å². The van der Waals surface area contributed by atoms with Gasteiger partial charge < -0.3 is 0 Å². The molecule has 0 atom stereocenters. The SMILES string of the molecule is C=C/C=C/C#CC#CC#CC. The van der Waals surface area contributed by atoms with E-state index in [1.807, 2.05) is 0 Å². The van der Waals surface area contributed by atoms with Crippen molar-refractivity contribution in [3.8, 4) is 35.5 Å². The van der Waals surface area contributed by atoms with E-state index in [1.165, 1.54) is 0 Å². The second-order valence-electron chi connectivity index (χ2n) is 1.49. The van der Waals surface area contributed by atoms with Crippen molar-refractivity contribution in [2.45, 2.75) is 6.92 Å². The van der Waals surface area contributed by atoms with Gasteiger partial charge in [0.15, 0.2) is 0 Å². The molecule has 0 heterocycles. The molecule has 0 aromatic rings. The van der Waals surface area contributed by atoms with E-state index in [1.54, 1.807) is 25.2 Å². The summed E-state index contributed by atoms with van der Waals surface area (Å²) in [5.74, 6) is 15.7. The fourth-order valence-electron chi connectivity index (χ4n) is 0.319. The van der Waals surface area contributed by atoms with Crippen molar-refractivity contribution in [3.63, 3.8) is 0 Å². The van der Waals surface area contributed by atoms with Crippen LogP contribution in [0.15, 0.2) is 24.8 Å². The highest BCUT2D eigenvalue weighted by molar-refractivity contribution is 5.37. The van der Waals surface area contributed by atoms with Crippen molar-refractivity contribution in [3.05, 3.63) is 24.8 Å². The Balaban J connectivity index is 3.90. The second kappa shape index (κ2) is 8.16. The number of hydrogen-bond acceptors (Lipinski definition) is 0. The van der Waals surface area contributed by atoms with Crippen molar-refractivity contribution in [2.24, 2.45) is 0 Å². The zero-order valence-corrected chi connectivity index (χ0v) is 6.44. The van der Waals surface area contributed by atoms with Crippen LogP contribution >= 0.6 is 0 Å². The lowest BCUT2D eigenvalue weighted by atomic mass is 10.4. The van der Waals surface area contributed by atoms with Crippen molar-refractivity contribution >= 4 is 0 Å². The number of hydrogen-bond donors (Lipinski definition) is 0. The van der Waals surface area contributed by atoms with Gasteiger partial charge in [0.05, 0.1) is 0 Å². The van der Waals surface area contributed by atoms with E-state index >= 15 is 0 Å². The number of allylic oxidation sites excluding steroid dienone is 3. The molecule has 11 heavy (non-hydrogen) atoms. The Kier molecular flexibility index (Phi) is 6.80. The van der Waals surface area contributed by atoms with Crippen molar-refractivity contribution in [1.29, 1.82) is 0 Å². The maximum Gasteiger partial charge on any atom is -0.000709 e. The van der Waals surface area contributed by atoms with E-state index < -0.39 is 0 Å². The van der Waals surface area contributed by atoms with Crippen LogP contribution in [0.1, 0.15) is 6.92 Å². The molecular formula is C11H8. The van der Waals surface area contributed by atoms with Crippen LogP contribution in [0, 0.1) is 35.5 Å². The van der Waals surface area contributed by atoms with Crippen LogP contribution in [0.5, 0.6) is 0 Å². The molecule has 0 rings (SSSR count). The summed E-state index contributed by atoms with van der Waals surface area (Å²) in [5.41, 5.74) is 0. The summed E-state index contributed by atoms with van der Waals surface area (Å²) in [5, 5.41) is 0. The summed E-state index contributed by atoms with van der Waals surface area (Å²) in [7, 11) is 0. The maximum atomic E-state index is 3.49. The molecule has 0 fully saturated rings. The Bertz CT molecular complexity index is 310. The monoisotopic (exact) mass is 140 g/mol. The zero-order valence-electron chi connectivity index (χ0n) is 6.44. The van der Waals surface area contributed by atoms with Gasteiger partial charge in [0.2, 0.25) is 0 Å². The standard InChI is InChI=1S/C11H8/c1-3-5-7-9-11-10-8-6-4-2/h3,5,7H,1H2,2H3/b7-5+. The Hall–Kier alpha value is -1.84. The minimum atomic E-state index is 1.66. The van der Waals surface area contributed by atoms with E-state index in [-0.39, 0.29) is 0 Å². The third-order valence-electron chi connectivity index (χ3n) is 0.700. The van der Waals surface area contributed by atoms with Gasteiger partial charge in [-0.25, -0.2) is 0 Å². The highest BCUT2D eigenvalue weighted by atomic mass is 13.6. The molecule has 0 aliphatic rings. The molecular weight excluding hydrogens is 132 g/mol. The molecule has 0 spiro atoms. The predicted molar refractivity (Wildman–Crippen MR) is 48.3 cm³/mol. The number of rotatable bonds is 1. The van der Waals surface area contributed by atoms with Gasteiger partial charge in [-0.15, -0.1) is 0 Å². The molecule has 52 valence electrons. The van der Waals surface area contributed by atoms with Crippen molar-refractivity contribution in [1.82, 2.24) is 0 Å². The quantitative estimate of drug-likeness (QED) is 0.384. The average Bonchev–Trinajstić information content (AvgIpc) is 2.03. The Morgan fingerprint density at radius 1 is 1.09 bits per heavy atom.